The summed E-state index contributed by atoms with van der Waals surface area (Å²) in [6.07, 6.45) is -0.0914. The minimum atomic E-state index is -2.74. The molecule has 0 unspecified atom stereocenters. The Morgan fingerprint density at radius 3 is 2.57 bits per heavy atom. The molecule has 3 heterocycles. The van der Waals surface area contributed by atoms with Crippen LogP contribution in [0.1, 0.15) is 29.3 Å². The maximum Gasteiger partial charge on any atom is 0.263 e. The summed E-state index contributed by atoms with van der Waals surface area (Å²) < 4.78 is 6.50. The zero-order chi connectivity index (χ0) is 24.7. The van der Waals surface area contributed by atoms with Crippen LogP contribution in [0.25, 0.3) is 10.8 Å². The molecule has 0 bridgehead atoms. The van der Waals surface area contributed by atoms with Crippen molar-refractivity contribution in [2.24, 2.45) is 5.92 Å². The van der Waals surface area contributed by atoms with Gasteiger partial charge in [0.05, 0.1) is 17.4 Å². The van der Waals surface area contributed by atoms with E-state index in [-0.39, 0.29) is 29.9 Å². The van der Waals surface area contributed by atoms with Gasteiger partial charge in [0.25, 0.3) is 11.8 Å². The van der Waals surface area contributed by atoms with Crippen LogP contribution in [0.4, 0.5) is 17.1 Å². The highest BCUT2D eigenvalue weighted by Crippen LogP contribution is 2.59. The highest BCUT2D eigenvalue weighted by atomic mass is 28.4. The molecular weight excluding hydrogens is 460 g/mol. The van der Waals surface area contributed by atoms with Gasteiger partial charge in [-0.15, -0.1) is 0 Å². The molecule has 1 spiro atoms. The highest BCUT2D eigenvalue weighted by Gasteiger charge is 2.64. The van der Waals surface area contributed by atoms with Gasteiger partial charge in [-0.25, -0.2) is 0 Å². The fraction of sp³-hybridized carbons (Fsp3) is 0.333. The zero-order valence-electron chi connectivity index (χ0n) is 19.9. The van der Waals surface area contributed by atoms with E-state index >= 15 is 0 Å². The lowest BCUT2D eigenvalue weighted by atomic mass is 9.82. The molecule has 0 saturated carbocycles. The Hall–Kier alpha value is -3.04. The summed E-state index contributed by atoms with van der Waals surface area (Å²) in [7, 11) is -2.74. The third-order valence-corrected chi connectivity index (χ3v) is 10.5. The van der Waals surface area contributed by atoms with E-state index in [1.54, 1.807) is 4.90 Å². The topological polar surface area (TPSA) is 99.1 Å². The minimum absolute atomic E-state index is 0.0898. The lowest BCUT2D eigenvalue weighted by molar-refractivity contribution is -0.143. The van der Waals surface area contributed by atoms with E-state index < -0.39 is 20.0 Å². The van der Waals surface area contributed by atoms with Crippen LogP contribution in [0, 0.1) is 5.92 Å². The van der Waals surface area contributed by atoms with E-state index in [0.717, 1.165) is 16.5 Å². The lowest BCUT2D eigenvalue weighted by Crippen LogP contribution is -2.43. The number of carbonyl (C=O) groups excluding carboxylic acids is 2. The number of aliphatic hydroxyl groups is 1. The Morgan fingerprint density at radius 2 is 1.86 bits per heavy atom. The fourth-order valence-electron chi connectivity index (χ4n) is 6.59. The number of aliphatic hydroxyl groups excluding tert-OH is 1. The van der Waals surface area contributed by atoms with Crippen LogP contribution in [0.15, 0.2) is 54.6 Å². The summed E-state index contributed by atoms with van der Waals surface area (Å²) in [6, 6.07) is 17.1. The molecule has 0 aromatic heterocycles. The molecule has 180 valence electrons. The molecular formula is C27H28N2O5Si. The average Bonchev–Trinajstić information content (AvgIpc) is 3.38. The first-order valence-corrected chi connectivity index (χ1v) is 15.0. The summed E-state index contributed by atoms with van der Waals surface area (Å²) in [5.74, 6) is -0.681. The number of carbonyl (C=O) groups is 2. The first-order chi connectivity index (χ1) is 16.7. The first-order valence-electron chi connectivity index (χ1n) is 12.0. The molecule has 3 aromatic rings. The van der Waals surface area contributed by atoms with Crippen LogP contribution in [0.3, 0.4) is 0 Å². The number of fused-ring (bicyclic) bond motifs is 2. The molecule has 1 saturated heterocycles. The van der Waals surface area contributed by atoms with Crippen LogP contribution >= 0.6 is 0 Å². The van der Waals surface area contributed by atoms with E-state index in [0.29, 0.717) is 28.9 Å². The monoisotopic (exact) mass is 488 g/mol. The van der Waals surface area contributed by atoms with Crippen molar-refractivity contribution in [3.05, 3.63) is 65.7 Å². The van der Waals surface area contributed by atoms with Gasteiger partial charge in [-0.05, 0) is 55.2 Å². The summed E-state index contributed by atoms with van der Waals surface area (Å²) in [4.78, 5) is 39.8. The van der Waals surface area contributed by atoms with Crippen LogP contribution in [0.5, 0.6) is 0 Å². The van der Waals surface area contributed by atoms with Crippen molar-refractivity contribution in [1.82, 2.24) is 0 Å². The van der Waals surface area contributed by atoms with Crippen molar-refractivity contribution in [3.63, 3.8) is 0 Å². The quantitative estimate of drug-likeness (QED) is 0.477. The summed E-state index contributed by atoms with van der Waals surface area (Å²) in [5, 5.41) is 14.6. The van der Waals surface area contributed by atoms with Gasteiger partial charge >= 0.3 is 0 Å². The van der Waals surface area contributed by atoms with Gasteiger partial charge in [0.15, 0.2) is 13.9 Å². The van der Waals surface area contributed by atoms with Crippen molar-refractivity contribution in [2.45, 2.75) is 43.7 Å². The van der Waals surface area contributed by atoms with E-state index in [2.05, 4.69) is 5.32 Å². The van der Waals surface area contributed by atoms with Crippen LogP contribution in [0.2, 0.25) is 18.6 Å². The average molecular weight is 489 g/mol. The molecule has 0 aliphatic carbocycles. The Balaban J connectivity index is 1.49. The third-order valence-electron chi connectivity index (χ3n) is 7.95. The largest absolute Gasteiger partial charge is 0.432 e. The smallest absolute Gasteiger partial charge is 0.263 e. The predicted octanol–water partition coefficient (Wildman–Crippen LogP) is 4.26. The van der Waals surface area contributed by atoms with Crippen LogP contribution in [-0.4, -0.2) is 42.7 Å². The van der Waals surface area contributed by atoms with Crippen LogP contribution in [-0.2, 0) is 15.1 Å². The normalized spacial score (nSPS) is 27.2. The molecule has 3 N–H and O–H groups in total. The lowest BCUT2D eigenvalue weighted by Gasteiger charge is -2.32. The van der Waals surface area contributed by atoms with Crippen molar-refractivity contribution in [2.75, 3.05) is 16.8 Å². The maximum atomic E-state index is 13.5. The van der Waals surface area contributed by atoms with Crippen molar-refractivity contribution in [3.8, 4) is 0 Å². The molecule has 3 aliphatic heterocycles. The third kappa shape index (κ3) is 2.94. The summed E-state index contributed by atoms with van der Waals surface area (Å²) in [5.41, 5.74) is 1.93. The molecule has 3 aliphatic rings. The molecule has 0 radical (unpaired) electrons. The number of amides is 2. The first kappa shape index (κ1) is 22.4. The molecule has 1 fully saturated rings. The Morgan fingerprint density at radius 1 is 1.11 bits per heavy atom. The second-order valence-corrected chi connectivity index (χ2v) is 14.4. The molecule has 8 heteroatoms. The van der Waals surface area contributed by atoms with E-state index in [4.69, 9.17) is 4.74 Å². The number of ether oxygens (including phenoxy) is 1. The van der Waals surface area contributed by atoms with Gasteiger partial charge in [-0.1, -0.05) is 31.2 Å². The number of benzene rings is 3. The van der Waals surface area contributed by atoms with E-state index in [9.17, 15) is 19.5 Å². The van der Waals surface area contributed by atoms with Gasteiger partial charge in [0.2, 0.25) is 0 Å². The summed E-state index contributed by atoms with van der Waals surface area (Å²) in [6.45, 7) is 5.57. The van der Waals surface area contributed by atoms with Crippen molar-refractivity contribution < 1.29 is 24.2 Å². The van der Waals surface area contributed by atoms with Gasteiger partial charge in [-0.3, -0.25) is 14.5 Å². The number of rotatable bonds is 4. The number of hydrogen-bond acceptors (Lipinski definition) is 5. The van der Waals surface area contributed by atoms with E-state index in [1.807, 2.05) is 74.6 Å². The molecule has 2 amide bonds. The summed E-state index contributed by atoms with van der Waals surface area (Å²) >= 11 is 0. The maximum absolute atomic E-state index is 13.5. The molecule has 3 aromatic carbocycles. The molecule has 7 nitrogen and oxygen atoms in total. The molecule has 4 atom stereocenters. The number of nitrogens with one attached hydrogen (secondary N) is 1. The van der Waals surface area contributed by atoms with Crippen LogP contribution < -0.4 is 10.2 Å². The Kier molecular flexibility index (Phi) is 4.79. The second kappa shape index (κ2) is 7.48. The van der Waals surface area contributed by atoms with Gasteiger partial charge in [0, 0.05) is 40.4 Å². The van der Waals surface area contributed by atoms with Gasteiger partial charge < -0.3 is 20.0 Å². The van der Waals surface area contributed by atoms with Crippen molar-refractivity contribution >= 4 is 48.0 Å². The standard InChI is InChI=1S/C27H28N2O5Si/c1-15-24(35(2,3)33)22(12-13-30)34-27(15)19-14-17(10-11-20(19)28-26(27)32)29-21-9-5-7-16-6-4-8-18(23(16)21)25(29)31/h4-11,14-15,22,24,30,33H,12-13H2,1-3H3,(H,28,32)/t15-,22+,24-,27+/m1/s1. The predicted molar refractivity (Wildman–Crippen MR) is 136 cm³/mol. The number of nitrogens with zero attached hydrogens (tertiary/aromatic N) is 1. The SMILES string of the molecule is C[C@@H]1[C@@H]([Si](C)(C)O)[C@H](CCO)O[C@@]12C(=O)Nc1ccc(N3C(=O)c4cccc5cccc3c45)cc12. The van der Waals surface area contributed by atoms with E-state index in [1.165, 1.54) is 0 Å². The van der Waals surface area contributed by atoms with Crippen molar-refractivity contribution in [1.29, 1.82) is 0 Å². The second-order valence-electron chi connectivity index (χ2n) is 10.4. The number of anilines is 3. The zero-order valence-corrected chi connectivity index (χ0v) is 20.9. The minimum Gasteiger partial charge on any atom is -0.432 e. The van der Waals surface area contributed by atoms with Gasteiger partial charge in [0.1, 0.15) is 0 Å². The highest BCUT2D eigenvalue weighted by molar-refractivity contribution is 6.71. The Bertz CT molecular complexity index is 1390. The molecule has 6 rings (SSSR count). The Labute approximate surface area is 204 Å². The number of hydrogen-bond donors (Lipinski definition) is 3. The van der Waals surface area contributed by atoms with Gasteiger partial charge in [-0.2, -0.15) is 0 Å². The fourth-order valence-corrected chi connectivity index (χ4v) is 9.20. The molecule has 35 heavy (non-hydrogen) atoms.